The number of hydrogen-bond donors (Lipinski definition) is 1. The predicted molar refractivity (Wildman–Crippen MR) is 95.0 cm³/mol. The SMILES string of the molecule is Cc1ccc(NC(=O)c2ccc(CN3CCCC3=O)cc2)c(C)c1. The van der Waals surface area contributed by atoms with E-state index in [-0.39, 0.29) is 11.8 Å². The molecule has 124 valence electrons. The van der Waals surface area contributed by atoms with Crippen molar-refractivity contribution >= 4 is 17.5 Å². The number of carbonyl (C=O) groups excluding carboxylic acids is 2. The Morgan fingerprint density at radius 1 is 1.12 bits per heavy atom. The smallest absolute Gasteiger partial charge is 0.255 e. The van der Waals surface area contributed by atoms with Gasteiger partial charge in [-0.2, -0.15) is 0 Å². The molecule has 4 heteroatoms. The molecule has 0 unspecified atom stereocenters. The molecule has 0 radical (unpaired) electrons. The number of nitrogens with one attached hydrogen (secondary N) is 1. The van der Waals surface area contributed by atoms with Crippen molar-refractivity contribution in [1.82, 2.24) is 4.90 Å². The van der Waals surface area contributed by atoms with Crippen LogP contribution < -0.4 is 5.32 Å². The van der Waals surface area contributed by atoms with Crippen LogP contribution in [0.15, 0.2) is 42.5 Å². The van der Waals surface area contributed by atoms with Gasteiger partial charge in [-0.3, -0.25) is 9.59 Å². The van der Waals surface area contributed by atoms with E-state index < -0.39 is 0 Å². The van der Waals surface area contributed by atoms with Crippen LogP contribution in [0.5, 0.6) is 0 Å². The monoisotopic (exact) mass is 322 g/mol. The molecule has 2 aromatic rings. The number of nitrogens with zero attached hydrogens (tertiary/aromatic N) is 1. The Balaban J connectivity index is 1.66. The first-order valence-corrected chi connectivity index (χ1v) is 8.28. The number of carbonyl (C=O) groups is 2. The van der Waals surface area contributed by atoms with Gasteiger partial charge in [-0.1, -0.05) is 29.8 Å². The van der Waals surface area contributed by atoms with Gasteiger partial charge in [-0.05, 0) is 49.6 Å². The Bertz CT molecular complexity index is 766. The van der Waals surface area contributed by atoms with Crippen molar-refractivity contribution in [2.75, 3.05) is 11.9 Å². The molecule has 2 amide bonds. The molecule has 1 aliphatic rings. The van der Waals surface area contributed by atoms with E-state index in [9.17, 15) is 9.59 Å². The average molecular weight is 322 g/mol. The molecule has 24 heavy (non-hydrogen) atoms. The molecular formula is C20H22N2O2. The first-order valence-electron chi connectivity index (χ1n) is 8.28. The van der Waals surface area contributed by atoms with Crippen molar-refractivity contribution in [3.05, 3.63) is 64.7 Å². The fourth-order valence-corrected chi connectivity index (χ4v) is 3.00. The molecule has 0 saturated carbocycles. The van der Waals surface area contributed by atoms with Crippen molar-refractivity contribution in [3.8, 4) is 0 Å². The van der Waals surface area contributed by atoms with Crippen molar-refractivity contribution in [1.29, 1.82) is 0 Å². The van der Waals surface area contributed by atoms with Crippen LogP contribution in [0.1, 0.15) is 39.9 Å². The van der Waals surface area contributed by atoms with Crippen LogP contribution in [-0.4, -0.2) is 23.3 Å². The number of rotatable bonds is 4. The lowest BCUT2D eigenvalue weighted by Gasteiger charge is -2.15. The quantitative estimate of drug-likeness (QED) is 0.933. The minimum atomic E-state index is -0.120. The molecular weight excluding hydrogens is 300 g/mol. The maximum atomic E-state index is 12.4. The highest BCUT2D eigenvalue weighted by atomic mass is 16.2. The van der Waals surface area contributed by atoms with E-state index in [0.717, 1.165) is 29.8 Å². The zero-order chi connectivity index (χ0) is 17.1. The minimum absolute atomic E-state index is 0.120. The minimum Gasteiger partial charge on any atom is -0.338 e. The van der Waals surface area contributed by atoms with E-state index in [4.69, 9.17) is 0 Å². The van der Waals surface area contributed by atoms with E-state index in [0.29, 0.717) is 18.5 Å². The van der Waals surface area contributed by atoms with E-state index >= 15 is 0 Å². The summed E-state index contributed by atoms with van der Waals surface area (Å²) < 4.78 is 0. The number of amides is 2. The van der Waals surface area contributed by atoms with Gasteiger partial charge in [-0.25, -0.2) is 0 Å². The molecule has 0 aromatic heterocycles. The second kappa shape index (κ2) is 6.87. The molecule has 1 N–H and O–H groups in total. The van der Waals surface area contributed by atoms with Crippen molar-refractivity contribution < 1.29 is 9.59 Å². The van der Waals surface area contributed by atoms with Crippen molar-refractivity contribution in [3.63, 3.8) is 0 Å². The van der Waals surface area contributed by atoms with E-state index in [1.165, 1.54) is 5.56 Å². The summed E-state index contributed by atoms with van der Waals surface area (Å²) in [6.45, 7) is 5.47. The highest BCUT2D eigenvalue weighted by Gasteiger charge is 2.20. The summed E-state index contributed by atoms with van der Waals surface area (Å²) in [5.41, 5.74) is 4.72. The zero-order valence-corrected chi connectivity index (χ0v) is 14.1. The standard InChI is InChI=1S/C20H22N2O2/c1-14-5-10-18(15(2)12-14)21-20(24)17-8-6-16(7-9-17)13-22-11-3-4-19(22)23/h5-10,12H,3-4,11,13H2,1-2H3,(H,21,24). The Morgan fingerprint density at radius 2 is 1.88 bits per heavy atom. The van der Waals surface area contributed by atoms with Gasteiger partial charge in [0, 0.05) is 30.8 Å². The predicted octanol–water partition coefficient (Wildman–Crippen LogP) is 3.68. The van der Waals surface area contributed by atoms with Gasteiger partial charge >= 0.3 is 0 Å². The van der Waals surface area contributed by atoms with Gasteiger partial charge in [0.2, 0.25) is 5.91 Å². The van der Waals surface area contributed by atoms with Crippen LogP contribution in [-0.2, 0) is 11.3 Å². The molecule has 2 aromatic carbocycles. The van der Waals surface area contributed by atoms with Crippen LogP contribution in [0.4, 0.5) is 5.69 Å². The van der Waals surface area contributed by atoms with Crippen LogP contribution >= 0.6 is 0 Å². The Labute approximate surface area is 142 Å². The van der Waals surface area contributed by atoms with E-state index in [2.05, 4.69) is 5.32 Å². The molecule has 3 rings (SSSR count). The van der Waals surface area contributed by atoms with Crippen molar-refractivity contribution in [2.45, 2.75) is 33.2 Å². The fourth-order valence-electron chi connectivity index (χ4n) is 3.00. The molecule has 0 aliphatic carbocycles. The fraction of sp³-hybridized carbons (Fsp3) is 0.300. The summed E-state index contributed by atoms with van der Waals surface area (Å²) >= 11 is 0. The molecule has 0 bridgehead atoms. The second-order valence-corrected chi connectivity index (χ2v) is 6.39. The summed E-state index contributed by atoms with van der Waals surface area (Å²) in [7, 11) is 0. The maximum absolute atomic E-state index is 12.4. The molecule has 0 atom stereocenters. The lowest BCUT2D eigenvalue weighted by molar-refractivity contribution is -0.128. The Morgan fingerprint density at radius 3 is 2.50 bits per heavy atom. The van der Waals surface area contributed by atoms with Crippen molar-refractivity contribution in [2.24, 2.45) is 0 Å². The third kappa shape index (κ3) is 3.65. The number of benzene rings is 2. The molecule has 1 aliphatic heterocycles. The van der Waals surface area contributed by atoms with Gasteiger partial charge in [0.1, 0.15) is 0 Å². The van der Waals surface area contributed by atoms with Gasteiger partial charge in [0.15, 0.2) is 0 Å². The number of aryl methyl sites for hydroxylation is 2. The van der Waals surface area contributed by atoms with E-state index in [1.54, 1.807) is 0 Å². The van der Waals surface area contributed by atoms with Crippen LogP contribution in [0.25, 0.3) is 0 Å². The first kappa shape index (κ1) is 16.2. The summed E-state index contributed by atoms with van der Waals surface area (Å²) in [6, 6.07) is 13.4. The Hall–Kier alpha value is -2.62. The van der Waals surface area contributed by atoms with Gasteiger partial charge in [-0.15, -0.1) is 0 Å². The number of hydrogen-bond acceptors (Lipinski definition) is 2. The zero-order valence-electron chi connectivity index (χ0n) is 14.1. The molecule has 1 heterocycles. The summed E-state index contributed by atoms with van der Waals surface area (Å²) in [6.07, 6.45) is 1.59. The maximum Gasteiger partial charge on any atom is 0.255 e. The average Bonchev–Trinajstić information content (AvgIpc) is 2.96. The van der Waals surface area contributed by atoms with Crippen LogP contribution in [0, 0.1) is 13.8 Å². The lowest BCUT2D eigenvalue weighted by atomic mass is 10.1. The highest BCUT2D eigenvalue weighted by molar-refractivity contribution is 6.04. The molecule has 1 fully saturated rings. The summed E-state index contributed by atoms with van der Waals surface area (Å²) in [5.74, 6) is 0.0948. The van der Waals surface area contributed by atoms with Crippen LogP contribution in [0.3, 0.4) is 0 Å². The number of likely N-dealkylation sites (tertiary alicyclic amines) is 1. The third-order valence-corrected chi connectivity index (χ3v) is 4.39. The topological polar surface area (TPSA) is 49.4 Å². The normalized spacial score (nSPS) is 14.1. The largest absolute Gasteiger partial charge is 0.338 e. The van der Waals surface area contributed by atoms with Gasteiger partial charge < -0.3 is 10.2 Å². The molecule has 0 spiro atoms. The summed E-state index contributed by atoms with van der Waals surface area (Å²) in [5, 5.41) is 2.95. The van der Waals surface area contributed by atoms with Gasteiger partial charge in [0.25, 0.3) is 5.91 Å². The molecule has 4 nitrogen and oxygen atoms in total. The van der Waals surface area contributed by atoms with E-state index in [1.807, 2.05) is 61.2 Å². The number of anilines is 1. The Kier molecular flexibility index (Phi) is 4.65. The lowest BCUT2D eigenvalue weighted by Crippen LogP contribution is -2.23. The summed E-state index contributed by atoms with van der Waals surface area (Å²) in [4.78, 5) is 25.9. The third-order valence-electron chi connectivity index (χ3n) is 4.39. The van der Waals surface area contributed by atoms with Gasteiger partial charge in [0.05, 0.1) is 0 Å². The second-order valence-electron chi connectivity index (χ2n) is 6.39. The van der Waals surface area contributed by atoms with Crippen LogP contribution in [0.2, 0.25) is 0 Å². The molecule has 1 saturated heterocycles. The highest BCUT2D eigenvalue weighted by Crippen LogP contribution is 2.18. The first-order chi connectivity index (χ1) is 11.5.